The molecule has 0 N–H and O–H groups in total. The Balaban J connectivity index is 2.00. The standard InChI is InChI=1S/C22H26N2O/c1-15(2)25-22-7-6-19(13-21(22)24-9-8-23-14-24)12-20-17(4)10-16(3)11-18(20)5/h6-11,13-15H,12H2,1-5H3. The van der Waals surface area contributed by atoms with Crippen LogP contribution >= 0.6 is 0 Å². The lowest BCUT2D eigenvalue weighted by Gasteiger charge is -2.17. The molecule has 0 amide bonds. The van der Waals surface area contributed by atoms with E-state index in [0.29, 0.717) is 0 Å². The van der Waals surface area contributed by atoms with Crippen molar-refractivity contribution in [2.24, 2.45) is 0 Å². The van der Waals surface area contributed by atoms with E-state index in [9.17, 15) is 0 Å². The zero-order valence-electron chi connectivity index (χ0n) is 15.7. The number of rotatable bonds is 5. The third kappa shape index (κ3) is 3.93. The van der Waals surface area contributed by atoms with Crippen LogP contribution in [0.15, 0.2) is 49.1 Å². The third-order valence-corrected chi connectivity index (χ3v) is 4.39. The SMILES string of the molecule is Cc1cc(C)c(Cc2ccc(OC(C)C)c(-n3ccnc3)c2)c(C)c1. The Bertz CT molecular complexity index is 841. The first-order chi connectivity index (χ1) is 11.9. The van der Waals surface area contributed by atoms with Crippen LogP contribution in [0.25, 0.3) is 5.69 Å². The van der Waals surface area contributed by atoms with Gasteiger partial charge in [-0.05, 0) is 75.4 Å². The summed E-state index contributed by atoms with van der Waals surface area (Å²) in [5, 5.41) is 0. The van der Waals surface area contributed by atoms with E-state index >= 15 is 0 Å². The number of ether oxygens (including phenoxy) is 1. The van der Waals surface area contributed by atoms with Gasteiger partial charge in [0.05, 0.1) is 18.1 Å². The molecule has 3 aromatic rings. The summed E-state index contributed by atoms with van der Waals surface area (Å²) in [5.41, 5.74) is 7.73. The van der Waals surface area contributed by atoms with Gasteiger partial charge in [0.2, 0.25) is 0 Å². The molecule has 0 saturated heterocycles. The quantitative estimate of drug-likeness (QED) is 0.643. The van der Waals surface area contributed by atoms with E-state index in [1.165, 1.54) is 27.8 Å². The average Bonchev–Trinajstić information content (AvgIpc) is 3.05. The molecule has 130 valence electrons. The van der Waals surface area contributed by atoms with E-state index in [-0.39, 0.29) is 6.10 Å². The molecule has 1 aromatic heterocycles. The van der Waals surface area contributed by atoms with Gasteiger partial charge in [-0.25, -0.2) is 4.98 Å². The van der Waals surface area contributed by atoms with Gasteiger partial charge in [-0.1, -0.05) is 23.8 Å². The van der Waals surface area contributed by atoms with Crippen LogP contribution in [0.1, 0.15) is 41.7 Å². The topological polar surface area (TPSA) is 27.1 Å². The molecule has 25 heavy (non-hydrogen) atoms. The Morgan fingerprint density at radius 3 is 2.36 bits per heavy atom. The van der Waals surface area contributed by atoms with Crippen molar-refractivity contribution >= 4 is 0 Å². The Kier molecular flexibility index (Phi) is 4.93. The molecule has 2 aromatic carbocycles. The molecule has 0 bridgehead atoms. The Hall–Kier alpha value is -2.55. The maximum Gasteiger partial charge on any atom is 0.143 e. The molecule has 0 radical (unpaired) electrons. The molecule has 0 spiro atoms. The van der Waals surface area contributed by atoms with E-state index < -0.39 is 0 Å². The highest BCUT2D eigenvalue weighted by Crippen LogP contribution is 2.28. The van der Waals surface area contributed by atoms with Crippen molar-refractivity contribution in [3.05, 3.63) is 76.9 Å². The van der Waals surface area contributed by atoms with Gasteiger partial charge in [0.15, 0.2) is 0 Å². The van der Waals surface area contributed by atoms with Gasteiger partial charge in [0, 0.05) is 12.4 Å². The highest BCUT2D eigenvalue weighted by atomic mass is 16.5. The molecule has 3 heteroatoms. The third-order valence-electron chi connectivity index (χ3n) is 4.39. The number of aryl methyl sites for hydroxylation is 3. The fraction of sp³-hybridized carbons (Fsp3) is 0.318. The molecule has 0 atom stereocenters. The van der Waals surface area contributed by atoms with Crippen LogP contribution in [0.5, 0.6) is 5.75 Å². The second-order valence-electron chi connectivity index (χ2n) is 6.99. The normalized spacial score (nSPS) is 11.1. The smallest absolute Gasteiger partial charge is 0.143 e. The van der Waals surface area contributed by atoms with E-state index in [0.717, 1.165) is 17.9 Å². The Morgan fingerprint density at radius 1 is 1.04 bits per heavy atom. The maximum atomic E-state index is 5.99. The summed E-state index contributed by atoms with van der Waals surface area (Å²) in [7, 11) is 0. The van der Waals surface area contributed by atoms with Crippen molar-refractivity contribution in [1.29, 1.82) is 0 Å². The lowest BCUT2D eigenvalue weighted by Crippen LogP contribution is -2.08. The van der Waals surface area contributed by atoms with Gasteiger partial charge in [-0.3, -0.25) is 0 Å². The van der Waals surface area contributed by atoms with Gasteiger partial charge < -0.3 is 9.30 Å². The fourth-order valence-corrected chi connectivity index (χ4v) is 3.32. The molecule has 0 aliphatic heterocycles. The minimum atomic E-state index is 0.134. The van der Waals surface area contributed by atoms with Crippen LogP contribution in [0.3, 0.4) is 0 Å². The van der Waals surface area contributed by atoms with Crippen molar-refractivity contribution in [1.82, 2.24) is 9.55 Å². The summed E-state index contributed by atoms with van der Waals surface area (Å²) < 4.78 is 8.00. The van der Waals surface area contributed by atoms with E-state index in [2.05, 4.69) is 56.1 Å². The van der Waals surface area contributed by atoms with Crippen LogP contribution in [0.2, 0.25) is 0 Å². The molecule has 0 aliphatic carbocycles. The second-order valence-corrected chi connectivity index (χ2v) is 6.99. The summed E-state index contributed by atoms with van der Waals surface area (Å²) in [6, 6.07) is 11.0. The summed E-state index contributed by atoms with van der Waals surface area (Å²) in [6.45, 7) is 10.6. The highest BCUT2D eigenvalue weighted by Gasteiger charge is 2.11. The maximum absolute atomic E-state index is 5.99. The first-order valence-electron chi connectivity index (χ1n) is 8.78. The predicted molar refractivity (Wildman–Crippen MR) is 103 cm³/mol. The lowest BCUT2D eigenvalue weighted by molar-refractivity contribution is 0.242. The zero-order chi connectivity index (χ0) is 18.0. The van der Waals surface area contributed by atoms with Gasteiger partial charge in [-0.15, -0.1) is 0 Å². The molecular weight excluding hydrogens is 308 g/mol. The van der Waals surface area contributed by atoms with Crippen molar-refractivity contribution < 1.29 is 4.74 Å². The molecule has 0 saturated carbocycles. The summed E-state index contributed by atoms with van der Waals surface area (Å²) >= 11 is 0. The Labute approximate surface area is 150 Å². The number of aromatic nitrogens is 2. The largest absolute Gasteiger partial charge is 0.489 e. The first kappa shape index (κ1) is 17.3. The minimum Gasteiger partial charge on any atom is -0.489 e. The zero-order valence-corrected chi connectivity index (χ0v) is 15.7. The minimum absolute atomic E-state index is 0.134. The van der Waals surface area contributed by atoms with E-state index in [1.807, 2.05) is 30.9 Å². The lowest BCUT2D eigenvalue weighted by atomic mass is 9.94. The van der Waals surface area contributed by atoms with E-state index in [4.69, 9.17) is 4.74 Å². The molecular formula is C22H26N2O. The van der Waals surface area contributed by atoms with Crippen LogP contribution in [0, 0.1) is 20.8 Å². The van der Waals surface area contributed by atoms with E-state index in [1.54, 1.807) is 6.20 Å². The van der Waals surface area contributed by atoms with Gasteiger partial charge in [0.1, 0.15) is 5.75 Å². The van der Waals surface area contributed by atoms with Crippen molar-refractivity contribution in [3.8, 4) is 11.4 Å². The summed E-state index contributed by atoms with van der Waals surface area (Å²) in [4.78, 5) is 4.18. The van der Waals surface area contributed by atoms with Crippen molar-refractivity contribution in [2.45, 2.75) is 47.1 Å². The number of hydrogen-bond acceptors (Lipinski definition) is 2. The molecule has 0 aliphatic rings. The van der Waals surface area contributed by atoms with Crippen LogP contribution in [-0.2, 0) is 6.42 Å². The monoisotopic (exact) mass is 334 g/mol. The molecule has 1 heterocycles. The predicted octanol–water partition coefficient (Wildman–Crippen LogP) is 5.18. The van der Waals surface area contributed by atoms with Crippen LogP contribution in [0.4, 0.5) is 0 Å². The van der Waals surface area contributed by atoms with Crippen LogP contribution < -0.4 is 4.74 Å². The van der Waals surface area contributed by atoms with Gasteiger partial charge in [0.25, 0.3) is 0 Å². The number of benzene rings is 2. The summed E-state index contributed by atoms with van der Waals surface area (Å²) in [5.74, 6) is 0.883. The molecule has 0 fully saturated rings. The molecule has 0 unspecified atom stereocenters. The van der Waals surface area contributed by atoms with Crippen molar-refractivity contribution in [3.63, 3.8) is 0 Å². The number of nitrogens with zero attached hydrogens (tertiary/aromatic N) is 2. The van der Waals surface area contributed by atoms with Gasteiger partial charge >= 0.3 is 0 Å². The summed E-state index contributed by atoms with van der Waals surface area (Å²) in [6.07, 6.45) is 6.61. The second kappa shape index (κ2) is 7.14. The first-order valence-corrected chi connectivity index (χ1v) is 8.78. The van der Waals surface area contributed by atoms with Crippen molar-refractivity contribution in [2.75, 3.05) is 0 Å². The Morgan fingerprint density at radius 2 is 1.76 bits per heavy atom. The van der Waals surface area contributed by atoms with Crippen LogP contribution in [-0.4, -0.2) is 15.7 Å². The average molecular weight is 334 g/mol. The molecule has 3 rings (SSSR count). The fourth-order valence-electron chi connectivity index (χ4n) is 3.32. The highest BCUT2D eigenvalue weighted by molar-refractivity contribution is 5.51. The number of hydrogen-bond donors (Lipinski definition) is 0. The number of imidazole rings is 1. The van der Waals surface area contributed by atoms with Gasteiger partial charge in [-0.2, -0.15) is 0 Å². The molecule has 3 nitrogen and oxygen atoms in total.